The molecule has 1 N–H and O–H groups in total. The number of benzene rings is 1. The van der Waals surface area contributed by atoms with Crippen molar-refractivity contribution in [1.29, 1.82) is 0 Å². The number of aromatic nitrogens is 2. The average Bonchev–Trinajstić information content (AvgIpc) is 2.94. The fraction of sp³-hybridized carbons (Fsp3) is 0.467. The highest BCUT2D eigenvalue weighted by atomic mass is 32.2. The number of aryl methyl sites for hydroxylation is 1. The molecule has 0 atom stereocenters. The molecule has 2 heterocycles. The van der Waals surface area contributed by atoms with Gasteiger partial charge in [0.2, 0.25) is 5.89 Å². The van der Waals surface area contributed by atoms with Crippen molar-refractivity contribution in [3.8, 4) is 0 Å². The Balaban J connectivity index is 1.52. The van der Waals surface area contributed by atoms with E-state index < -0.39 is 0 Å². The van der Waals surface area contributed by atoms with E-state index in [1.54, 1.807) is 11.8 Å². The summed E-state index contributed by atoms with van der Waals surface area (Å²) in [7, 11) is 0. The standard InChI is InChI=1S/C15H20N4OS/c1-12-3-2-4-13(9-12)21-11-14-17-15(20-18-14)10-19-7-5-16-6-8-19/h2-4,9,16H,5-8,10-11H2,1H3. The van der Waals surface area contributed by atoms with Crippen LogP contribution in [0.25, 0.3) is 0 Å². The van der Waals surface area contributed by atoms with Crippen molar-refractivity contribution in [2.75, 3.05) is 26.2 Å². The summed E-state index contributed by atoms with van der Waals surface area (Å²) >= 11 is 1.74. The van der Waals surface area contributed by atoms with Crippen molar-refractivity contribution >= 4 is 11.8 Å². The first kappa shape index (κ1) is 14.6. The Bertz CT molecular complexity index is 581. The molecule has 1 fully saturated rings. The van der Waals surface area contributed by atoms with Crippen LogP contribution in [-0.4, -0.2) is 41.2 Å². The molecule has 0 spiro atoms. The Morgan fingerprint density at radius 2 is 2.19 bits per heavy atom. The number of nitrogens with one attached hydrogen (secondary N) is 1. The van der Waals surface area contributed by atoms with Crippen LogP contribution in [0.3, 0.4) is 0 Å². The molecule has 1 saturated heterocycles. The van der Waals surface area contributed by atoms with Gasteiger partial charge in [-0.1, -0.05) is 22.9 Å². The van der Waals surface area contributed by atoms with Crippen molar-refractivity contribution in [1.82, 2.24) is 20.4 Å². The molecule has 0 amide bonds. The molecule has 3 rings (SSSR count). The number of nitrogens with zero attached hydrogens (tertiary/aromatic N) is 3. The molecule has 1 aliphatic heterocycles. The highest BCUT2D eigenvalue weighted by molar-refractivity contribution is 7.98. The zero-order chi connectivity index (χ0) is 14.5. The summed E-state index contributed by atoms with van der Waals surface area (Å²) in [4.78, 5) is 8.06. The molecular formula is C15H20N4OS. The number of hydrogen-bond acceptors (Lipinski definition) is 6. The minimum atomic E-state index is 0.719. The first-order valence-electron chi connectivity index (χ1n) is 7.23. The third kappa shape index (κ3) is 4.30. The van der Waals surface area contributed by atoms with Crippen molar-refractivity contribution in [2.24, 2.45) is 0 Å². The topological polar surface area (TPSA) is 54.2 Å². The van der Waals surface area contributed by atoms with Gasteiger partial charge in [-0.15, -0.1) is 11.8 Å². The van der Waals surface area contributed by atoms with Gasteiger partial charge in [0, 0.05) is 31.1 Å². The van der Waals surface area contributed by atoms with Crippen LogP contribution in [-0.2, 0) is 12.3 Å². The van der Waals surface area contributed by atoms with E-state index >= 15 is 0 Å². The van der Waals surface area contributed by atoms with E-state index in [-0.39, 0.29) is 0 Å². The lowest BCUT2D eigenvalue weighted by atomic mass is 10.2. The summed E-state index contributed by atoms with van der Waals surface area (Å²) < 4.78 is 5.34. The average molecular weight is 304 g/mol. The second-order valence-electron chi connectivity index (χ2n) is 5.24. The van der Waals surface area contributed by atoms with E-state index in [1.165, 1.54) is 10.5 Å². The second-order valence-corrected chi connectivity index (χ2v) is 6.28. The molecule has 0 bridgehead atoms. The molecule has 0 aliphatic carbocycles. The summed E-state index contributed by atoms with van der Waals surface area (Å²) in [5.74, 6) is 2.23. The zero-order valence-electron chi connectivity index (χ0n) is 12.2. The maximum Gasteiger partial charge on any atom is 0.240 e. The predicted octanol–water partition coefficient (Wildman–Crippen LogP) is 2.08. The van der Waals surface area contributed by atoms with E-state index in [4.69, 9.17) is 4.52 Å². The van der Waals surface area contributed by atoms with Crippen LogP contribution in [0.15, 0.2) is 33.7 Å². The van der Waals surface area contributed by atoms with Gasteiger partial charge in [0.1, 0.15) is 0 Å². The first-order valence-corrected chi connectivity index (χ1v) is 8.22. The van der Waals surface area contributed by atoms with Gasteiger partial charge in [-0.2, -0.15) is 4.98 Å². The third-order valence-corrected chi connectivity index (χ3v) is 4.43. The molecule has 1 aliphatic rings. The van der Waals surface area contributed by atoms with E-state index in [0.717, 1.165) is 50.2 Å². The van der Waals surface area contributed by atoms with Crippen LogP contribution in [0.2, 0.25) is 0 Å². The minimum Gasteiger partial charge on any atom is -0.338 e. The van der Waals surface area contributed by atoms with E-state index in [9.17, 15) is 0 Å². The van der Waals surface area contributed by atoms with Crippen molar-refractivity contribution in [3.05, 3.63) is 41.5 Å². The molecule has 5 nitrogen and oxygen atoms in total. The molecule has 112 valence electrons. The van der Waals surface area contributed by atoms with Gasteiger partial charge in [-0.3, -0.25) is 4.90 Å². The smallest absolute Gasteiger partial charge is 0.240 e. The highest BCUT2D eigenvalue weighted by Crippen LogP contribution is 2.22. The maximum atomic E-state index is 5.34. The van der Waals surface area contributed by atoms with Crippen molar-refractivity contribution in [3.63, 3.8) is 0 Å². The zero-order valence-corrected chi connectivity index (χ0v) is 13.0. The monoisotopic (exact) mass is 304 g/mol. The molecular weight excluding hydrogens is 284 g/mol. The Morgan fingerprint density at radius 1 is 1.33 bits per heavy atom. The number of thioether (sulfide) groups is 1. The van der Waals surface area contributed by atoms with Crippen LogP contribution in [0.1, 0.15) is 17.3 Å². The van der Waals surface area contributed by atoms with E-state index in [0.29, 0.717) is 0 Å². The van der Waals surface area contributed by atoms with Gasteiger partial charge in [0.05, 0.1) is 12.3 Å². The van der Waals surface area contributed by atoms with Crippen LogP contribution in [0.4, 0.5) is 0 Å². The quantitative estimate of drug-likeness (QED) is 0.854. The van der Waals surface area contributed by atoms with Gasteiger partial charge in [0.15, 0.2) is 5.82 Å². The molecule has 6 heteroatoms. The third-order valence-electron chi connectivity index (χ3n) is 3.44. The molecule has 0 radical (unpaired) electrons. The minimum absolute atomic E-state index is 0.719. The van der Waals surface area contributed by atoms with Crippen LogP contribution in [0.5, 0.6) is 0 Å². The van der Waals surface area contributed by atoms with E-state index in [1.807, 2.05) is 0 Å². The van der Waals surface area contributed by atoms with Crippen LogP contribution >= 0.6 is 11.8 Å². The SMILES string of the molecule is Cc1cccc(SCc2noc(CN3CCNCC3)n2)c1. The van der Waals surface area contributed by atoms with Gasteiger partial charge < -0.3 is 9.84 Å². The Kier molecular flexibility index (Phi) is 4.90. The molecule has 0 unspecified atom stereocenters. The second kappa shape index (κ2) is 7.06. The van der Waals surface area contributed by atoms with Gasteiger partial charge >= 0.3 is 0 Å². The number of hydrogen-bond donors (Lipinski definition) is 1. The summed E-state index contributed by atoms with van der Waals surface area (Å²) in [5.41, 5.74) is 1.27. The first-order chi connectivity index (χ1) is 10.3. The maximum absolute atomic E-state index is 5.34. The Morgan fingerprint density at radius 3 is 3.00 bits per heavy atom. The van der Waals surface area contributed by atoms with Gasteiger partial charge in [0.25, 0.3) is 0 Å². The summed E-state index contributed by atoms with van der Waals surface area (Å²) in [5, 5.41) is 7.41. The van der Waals surface area contributed by atoms with Crippen molar-refractivity contribution in [2.45, 2.75) is 24.1 Å². The fourth-order valence-corrected chi connectivity index (χ4v) is 3.18. The van der Waals surface area contributed by atoms with Crippen LogP contribution < -0.4 is 5.32 Å². The molecule has 0 saturated carbocycles. The van der Waals surface area contributed by atoms with E-state index in [2.05, 4.69) is 51.5 Å². The Hall–Kier alpha value is -1.37. The number of piperazine rings is 1. The number of rotatable bonds is 5. The summed E-state index contributed by atoms with van der Waals surface area (Å²) in [6.45, 7) is 6.99. The van der Waals surface area contributed by atoms with Crippen molar-refractivity contribution < 1.29 is 4.52 Å². The lowest BCUT2D eigenvalue weighted by Gasteiger charge is -2.25. The molecule has 21 heavy (non-hydrogen) atoms. The highest BCUT2D eigenvalue weighted by Gasteiger charge is 2.14. The molecule has 2 aromatic rings. The normalized spacial score (nSPS) is 16.2. The Labute approximate surface area is 129 Å². The predicted molar refractivity (Wildman–Crippen MR) is 83.2 cm³/mol. The van der Waals surface area contributed by atoms with Gasteiger partial charge in [-0.05, 0) is 19.1 Å². The lowest BCUT2D eigenvalue weighted by molar-refractivity contribution is 0.203. The summed E-state index contributed by atoms with van der Waals surface area (Å²) in [6.07, 6.45) is 0. The van der Waals surface area contributed by atoms with Crippen LogP contribution in [0, 0.1) is 6.92 Å². The lowest BCUT2D eigenvalue weighted by Crippen LogP contribution is -2.42. The largest absolute Gasteiger partial charge is 0.338 e. The molecule has 1 aromatic carbocycles. The fourth-order valence-electron chi connectivity index (χ4n) is 2.33. The van der Waals surface area contributed by atoms with Gasteiger partial charge in [-0.25, -0.2) is 0 Å². The summed E-state index contributed by atoms with van der Waals surface area (Å²) in [6, 6.07) is 8.46. The molecule has 1 aromatic heterocycles.